The molecule has 0 aliphatic rings. The Kier molecular flexibility index (Phi) is 4.50. The van der Waals surface area contributed by atoms with Gasteiger partial charge in [-0.1, -0.05) is 0 Å². The van der Waals surface area contributed by atoms with Crippen molar-refractivity contribution in [2.24, 2.45) is 5.73 Å². The van der Waals surface area contributed by atoms with Gasteiger partial charge in [-0.2, -0.15) is 0 Å². The lowest BCUT2D eigenvalue weighted by atomic mass is 10.1. The van der Waals surface area contributed by atoms with E-state index in [0.29, 0.717) is 5.69 Å². The largest absolute Gasteiger partial charge is 0.496 e. The Morgan fingerprint density at radius 3 is 2.16 bits per heavy atom. The molecule has 0 saturated carbocycles. The first-order valence-corrected chi connectivity index (χ1v) is 5.70. The molecule has 104 valence electrons. The van der Waals surface area contributed by atoms with Crippen LogP contribution < -0.4 is 15.4 Å². The number of carbonyl (C=O) groups is 2. The molecule has 1 atom stereocenters. The summed E-state index contributed by atoms with van der Waals surface area (Å²) in [6, 6.07) is 1.93. The average molecular weight is 266 g/mol. The molecule has 0 heterocycles. The molecule has 0 spiro atoms. The zero-order chi connectivity index (χ0) is 14.7. The Bertz CT molecular complexity index is 490. The first-order valence-electron chi connectivity index (χ1n) is 5.70. The molecule has 0 aromatic heterocycles. The van der Waals surface area contributed by atoms with Crippen molar-refractivity contribution in [2.75, 3.05) is 19.1 Å². The van der Waals surface area contributed by atoms with E-state index in [1.807, 2.05) is 13.8 Å². The number of carbonyl (C=O) groups excluding carboxylic acids is 1. The van der Waals surface area contributed by atoms with E-state index in [9.17, 15) is 9.59 Å². The molecule has 6 nitrogen and oxygen atoms in total. The van der Waals surface area contributed by atoms with Crippen LogP contribution in [0.15, 0.2) is 12.1 Å². The number of nitrogens with zero attached hydrogens (tertiary/aromatic N) is 1. The Hall–Kier alpha value is -2.08. The fourth-order valence-electron chi connectivity index (χ4n) is 1.88. The summed E-state index contributed by atoms with van der Waals surface area (Å²) < 4.78 is 5.23. The van der Waals surface area contributed by atoms with Gasteiger partial charge in [-0.15, -0.1) is 0 Å². The van der Waals surface area contributed by atoms with E-state index < -0.39 is 17.9 Å². The predicted octanol–water partition coefficient (Wildman–Crippen LogP) is 0.687. The molecule has 1 unspecified atom stereocenters. The van der Waals surface area contributed by atoms with Crippen LogP contribution in [0, 0.1) is 13.8 Å². The SMILES string of the molecule is COc1c(C)cc(N(C)C(=O)C(N)C(=O)O)cc1C. The monoisotopic (exact) mass is 266 g/mol. The normalized spacial score (nSPS) is 11.8. The van der Waals surface area contributed by atoms with Crippen molar-refractivity contribution in [3.63, 3.8) is 0 Å². The van der Waals surface area contributed by atoms with Crippen LogP contribution in [0.1, 0.15) is 11.1 Å². The third-order valence-electron chi connectivity index (χ3n) is 2.90. The van der Waals surface area contributed by atoms with Crippen LogP contribution in [-0.2, 0) is 9.59 Å². The van der Waals surface area contributed by atoms with Gasteiger partial charge in [-0.25, -0.2) is 4.79 Å². The number of carboxylic acid groups (broad SMARTS) is 1. The van der Waals surface area contributed by atoms with Gasteiger partial charge < -0.3 is 20.5 Å². The molecule has 0 aliphatic heterocycles. The number of nitrogens with two attached hydrogens (primary N) is 1. The molecule has 6 heteroatoms. The van der Waals surface area contributed by atoms with E-state index in [-0.39, 0.29) is 0 Å². The molecular formula is C13H18N2O4. The average Bonchev–Trinajstić information content (AvgIpc) is 2.35. The molecule has 0 radical (unpaired) electrons. The van der Waals surface area contributed by atoms with Gasteiger partial charge in [0, 0.05) is 12.7 Å². The third kappa shape index (κ3) is 3.03. The highest BCUT2D eigenvalue weighted by Gasteiger charge is 2.26. The summed E-state index contributed by atoms with van der Waals surface area (Å²) in [6.45, 7) is 3.70. The number of hydrogen-bond donors (Lipinski definition) is 2. The summed E-state index contributed by atoms with van der Waals surface area (Å²) in [5, 5.41) is 8.75. The van der Waals surface area contributed by atoms with Gasteiger partial charge in [0.2, 0.25) is 0 Å². The van der Waals surface area contributed by atoms with Gasteiger partial charge in [0.25, 0.3) is 5.91 Å². The minimum absolute atomic E-state index is 0.581. The van der Waals surface area contributed by atoms with Crippen LogP contribution in [0.4, 0.5) is 5.69 Å². The summed E-state index contributed by atoms with van der Waals surface area (Å²) in [5.41, 5.74) is 7.62. The van der Waals surface area contributed by atoms with Crippen molar-refractivity contribution in [3.8, 4) is 5.75 Å². The second-order valence-electron chi connectivity index (χ2n) is 4.33. The second-order valence-corrected chi connectivity index (χ2v) is 4.33. The number of methoxy groups -OCH3 is 1. The van der Waals surface area contributed by atoms with Crippen LogP contribution in [0.2, 0.25) is 0 Å². The first-order chi connectivity index (χ1) is 8.79. The first kappa shape index (κ1) is 15.0. The highest BCUT2D eigenvalue weighted by molar-refractivity contribution is 6.08. The number of aliphatic carboxylic acids is 1. The topological polar surface area (TPSA) is 92.9 Å². The Morgan fingerprint density at radius 1 is 1.32 bits per heavy atom. The minimum Gasteiger partial charge on any atom is -0.496 e. The van der Waals surface area contributed by atoms with Gasteiger partial charge in [0.1, 0.15) is 5.75 Å². The quantitative estimate of drug-likeness (QED) is 0.782. The number of ether oxygens (including phenoxy) is 1. The van der Waals surface area contributed by atoms with Crippen molar-refractivity contribution >= 4 is 17.6 Å². The van der Waals surface area contributed by atoms with Gasteiger partial charge in [0.05, 0.1) is 7.11 Å². The minimum atomic E-state index is -1.56. The predicted molar refractivity (Wildman–Crippen MR) is 71.5 cm³/mol. The summed E-state index contributed by atoms with van der Waals surface area (Å²) in [4.78, 5) is 23.8. The van der Waals surface area contributed by atoms with E-state index >= 15 is 0 Å². The lowest BCUT2D eigenvalue weighted by molar-refractivity contribution is -0.142. The smallest absolute Gasteiger partial charge is 0.330 e. The summed E-state index contributed by atoms with van der Waals surface area (Å²) in [6.07, 6.45) is 0. The van der Waals surface area contributed by atoms with Crippen molar-refractivity contribution < 1.29 is 19.4 Å². The van der Waals surface area contributed by atoms with Crippen LogP contribution in [-0.4, -0.2) is 37.2 Å². The number of likely N-dealkylation sites (N-methyl/N-ethyl adjacent to an activating group) is 1. The van der Waals surface area contributed by atoms with Gasteiger partial charge >= 0.3 is 5.97 Å². The van der Waals surface area contributed by atoms with E-state index in [0.717, 1.165) is 16.9 Å². The van der Waals surface area contributed by atoms with Crippen LogP contribution in [0.25, 0.3) is 0 Å². The number of aryl methyl sites for hydroxylation is 2. The van der Waals surface area contributed by atoms with Crippen molar-refractivity contribution in [1.82, 2.24) is 0 Å². The lowest BCUT2D eigenvalue weighted by Crippen LogP contribution is -2.46. The molecule has 1 rings (SSSR count). The molecule has 1 aromatic carbocycles. The Labute approximate surface area is 111 Å². The molecule has 1 aromatic rings. The summed E-state index contributed by atoms with van der Waals surface area (Å²) >= 11 is 0. The molecular weight excluding hydrogens is 248 g/mol. The number of amides is 1. The standard InChI is InChI=1S/C13H18N2O4/c1-7-5-9(6-8(2)11(7)19-4)15(3)12(16)10(14)13(17)18/h5-6,10H,14H2,1-4H3,(H,17,18). The number of rotatable bonds is 4. The molecule has 0 bridgehead atoms. The van der Waals surface area contributed by atoms with Gasteiger partial charge in [-0.05, 0) is 37.1 Å². The number of benzene rings is 1. The van der Waals surface area contributed by atoms with E-state index in [2.05, 4.69) is 0 Å². The maximum absolute atomic E-state index is 11.9. The zero-order valence-corrected chi connectivity index (χ0v) is 11.4. The highest BCUT2D eigenvalue weighted by atomic mass is 16.5. The number of hydrogen-bond acceptors (Lipinski definition) is 4. The molecule has 0 fully saturated rings. The fourth-order valence-corrected chi connectivity index (χ4v) is 1.88. The van der Waals surface area contributed by atoms with E-state index in [1.165, 1.54) is 11.9 Å². The zero-order valence-electron chi connectivity index (χ0n) is 11.4. The summed E-state index contributed by atoms with van der Waals surface area (Å²) in [5.74, 6) is -1.28. The van der Waals surface area contributed by atoms with Crippen molar-refractivity contribution in [2.45, 2.75) is 19.9 Å². The van der Waals surface area contributed by atoms with Crippen molar-refractivity contribution in [3.05, 3.63) is 23.3 Å². The van der Waals surface area contributed by atoms with Crippen LogP contribution in [0.5, 0.6) is 5.75 Å². The number of carboxylic acids is 1. The fraction of sp³-hybridized carbons (Fsp3) is 0.385. The molecule has 1 amide bonds. The third-order valence-corrected chi connectivity index (χ3v) is 2.90. The van der Waals surface area contributed by atoms with E-state index in [1.54, 1.807) is 19.2 Å². The second kappa shape index (κ2) is 5.71. The highest BCUT2D eigenvalue weighted by Crippen LogP contribution is 2.28. The summed E-state index contributed by atoms with van der Waals surface area (Å²) in [7, 11) is 3.07. The lowest BCUT2D eigenvalue weighted by Gasteiger charge is -2.21. The molecule has 0 saturated heterocycles. The van der Waals surface area contributed by atoms with Gasteiger partial charge in [-0.3, -0.25) is 4.79 Å². The molecule has 19 heavy (non-hydrogen) atoms. The maximum atomic E-state index is 11.9. The molecule has 3 N–H and O–H groups in total. The van der Waals surface area contributed by atoms with Gasteiger partial charge in [0.15, 0.2) is 6.04 Å². The maximum Gasteiger partial charge on any atom is 0.330 e. The Morgan fingerprint density at radius 2 is 1.79 bits per heavy atom. The van der Waals surface area contributed by atoms with E-state index in [4.69, 9.17) is 15.6 Å². The molecule has 0 aliphatic carbocycles. The Balaban J connectivity index is 3.10. The van der Waals surface area contributed by atoms with Crippen LogP contribution >= 0.6 is 0 Å². The van der Waals surface area contributed by atoms with Crippen molar-refractivity contribution in [1.29, 1.82) is 0 Å². The van der Waals surface area contributed by atoms with Crippen LogP contribution in [0.3, 0.4) is 0 Å². The number of anilines is 1.